The molecule has 2 aromatic rings. The summed E-state index contributed by atoms with van der Waals surface area (Å²) in [6.07, 6.45) is 1.60. The zero-order valence-electron chi connectivity index (χ0n) is 9.62. The number of nitrogens with two attached hydrogens (primary N) is 1. The number of amides is 1. The lowest BCUT2D eigenvalue weighted by Crippen LogP contribution is -2.12. The maximum absolute atomic E-state index is 10.9. The molecule has 92 valence electrons. The highest BCUT2D eigenvalue weighted by molar-refractivity contribution is 5.90. The van der Waals surface area contributed by atoms with Gasteiger partial charge in [0.1, 0.15) is 5.69 Å². The van der Waals surface area contributed by atoms with Crippen LogP contribution in [0, 0.1) is 6.92 Å². The van der Waals surface area contributed by atoms with E-state index in [4.69, 9.17) is 10.8 Å². The quantitative estimate of drug-likeness (QED) is 0.841. The van der Waals surface area contributed by atoms with Crippen molar-refractivity contribution in [3.8, 4) is 5.69 Å². The van der Waals surface area contributed by atoms with Crippen LogP contribution in [-0.4, -0.2) is 26.8 Å². The summed E-state index contributed by atoms with van der Waals surface area (Å²) in [7, 11) is 0. The minimum absolute atomic E-state index is 0.164. The topological polar surface area (TPSA) is 98.2 Å². The lowest BCUT2D eigenvalue weighted by atomic mass is 10.1. The number of rotatable bonds is 3. The van der Waals surface area contributed by atoms with Crippen molar-refractivity contribution in [3.63, 3.8) is 0 Å². The highest BCUT2D eigenvalue weighted by Gasteiger charge is 2.10. The summed E-state index contributed by atoms with van der Waals surface area (Å²) in [5.41, 5.74) is 6.93. The van der Waals surface area contributed by atoms with Crippen molar-refractivity contribution in [2.75, 3.05) is 0 Å². The number of benzene rings is 1. The van der Waals surface area contributed by atoms with Gasteiger partial charge in [-0.25, -0.2) is 9.48 Å². The monoisotopic (exact) mass is 245 g/mol. The first-order valence-electron chi connectivity index (χ1n) is 5.19. The third-order valence-corrected chi connectivity index (χ3v) is 2.53. The molecule has 0 atom stereocenters. The summed E-state index contributed by atoms with van der Waals surface area (Å²) < 4.78 is 1.49. The predicted octanol–water partition coefficient (Wildman–Crippen LogP) is 0.978. The molecule has 0 aliphatic rings. The van der Waals surface area contributed by atoms with Gasteiger partial charge < -0.3 is 10.8 Å². The first-order valence-corrected chi connectivity index (χ1v) is 5.19. The average molecular weight is 245 g/mol. The van der Waals surface area contributed by atoms with Gasteiger partial charge in [0.15, 0.2) is 0 Å². The Morgan fingerprint density at radius 3 is 2.56 bits per heavy atom. The van der Waals surface area contributed by atoms with Crippen molar-refractivity contribution < 1.29 is 14.7 Å². The van der Waals surface area contributed by atoms with Crippen molar-refractivity contribution in [1.29, 1.82) is 0 Å². The van der Waals surface area contributed by atoms with E-state index in [0.29, 0.717) is 5.69 Å². The van der Waals surface area contributed by atoms with Gasteiger partial charge in [0, 0.05) is 6.20 Å². The van der Waals surface area contributed by atoms with Crippen LogP contribution in [0.15, 0.2) is 30.5 Å². The van der Waals surface area contributed by atoms with Crippen LogP contribution in [0.2, 0.25) is 0 Å². The Morgan fingerprint density at radius 2 is 2.06 bits per heavy atom. The molecule has 0 fully saturated rings. The molecule has 2 rings (SSSR count). The van der Waals surface area contributed by atoms with Crippen LogP contribution in [0.1, 0.15) is 26.4 Å². The number of aromatic nitrogens is 2. The minimum Gasteiger partial charge on any atom is -0.478 e. The zero-order chi connectivity index (χ0) is 13.3. The molecule has 0 unspecified atom stereocenters. The fraction of sp³-hybridized carbons (Fsp3) is 0.0833. The number of aryl methyl sites for hydroxylation is 1. The highest BCUT2D eigenvalue weighted by atomic mass is 16.4. The molecule has 1 aromatic heterocycles. The smallest absolute Gasteiger partial charge is 0.335 e. The minimum atomic E-state index is -0.983. The third kappa shape index (κ3) is 2.08. The second-order valence-corrected chi connectivity index (χ2v) is 3.82. The summed E-state index contributed by atoms with van der Waals surface area (Å²) in [6, 6.07) is 6.17. The summed E-state index contributed by atoms with van der Waals surface area (Å²) in [6.45, 7) is 1.77. The number of hydrogen-bond acceptors (Lipinski definition) is 3. The largest absolute Gasteiger partial charge is 0.478 e. The Kier molecular flexibility index (Phi) is 2.85. The fourth-order valence-corrected chi connectivity index (χ4v) is 1.64. The molecule has 18 heavy (non-hydrogen) atoms. The first-order chi connectivity index (χ1) is 8.49. The van der Waals surface area contributed by atoms with E-state index < -0.39 is 11.9 Å². The number of primary amides is 1. The summed E-state index contributed by atoms with van der Waals surface area (Å²) in [5.74, 6) is -1.59. The van der Waals surface area contributed by atoms with Gasteiger partial charge in [-0.2, -0.15) is 5.10 Å². The summed E-state index contributed by atoms with van der Waals surface area (Å²) in [4.78, 5) is 21.8. The van der Waals surface area contributed by atoms with Crippen LogP contribution in [0.5, 0.6) is 0 Å². The Labute approximate surface area is 103 Å². The fourth-order valence-electron chi connectivity index (χ4n) is 1.64. The van der Waals surface area contributed by atoms with E-state index in [2.05, 4.69) is 5.10 Å². The summed E-state index contributed by atoms with van der Waals surface area (Å²) in [5, 5.41) is 12.9. The normalized spacial score (nSPS) is 10.3. The third-order valence-electron chi connectivity index (χ3n) is 2.53. The standard InChI is InChI=1S/C12H11N3O3/c1-7-6-8(12(17)18)2-3-10(7)15-5-4-9(14-15)11(13)16/h2-6H,1H3,(H2,13,16)(H,17,18). The molecule has 0 aliphatic heterocycles. The van der Waals surface area contributed by atoms with Crippen LogP contribution in [0.4, 0.5) is 0 Å². The summed E-state index contributed by atoms with van der Waals surface area (Å²) >= 11 is 0. The molecule has 0 bridgehead atoms. The van der Waals surface area contributed by atoms with Crippen molar-refractivity contribution in [2.45, 2.75) is 6.92 Å². The Morgan fingerprint density at radius 1 is 1.33 bits per heavy atom. The molecule has 1 amide bonds. The predicted molar refractivity (Wildman–Crippen MR) is 63.8 cm³/mol. The molecule has 3 N–H and O–H groups in total. The second-order valence-electron chi connectivity index (χ2n) is 3.82. The van der Waals surface area contributed by atoms with E-state index in [1.54, 1.807) is 25.3 Å². The highest BCUT2D eigenvalue weighted by Crippen LogP contribution is 2.15. The van der Waals surface area contributed by atoms with E-state index in [0.717, 1.165) is 5.56 Å². The van der Waals surface area contributed by atoms with E-state index in [1.807, 2.05) is 0 Å². The van der Waals surface area contributed by atoms with Crippen molar-refractivity contribution in [1.82, 2.24) is 9.78 Å². The van der Waals surface area contributed by atoms with Crippen molar-refractivity contribution >= 4 is 11.9 Å². The number of carboxylic acid groups (broad SMARTS) is 1. The molecular formula is C12H11N3O3. The SMILES string of the molecule is Cc1cc(C(=O)O)ccc1-n1ccc(C(N)=O)n1. The number of hydrogen-bond donors (Lipinski definition) is 2. The molecule has 0 saturated carbocycles. The van der Waals surface area contributed by atoms with Crippen molar-refractivity contribution in [2.24, 2.45) is 5.73 Å². The maximum atomic E-state index is 10.9. The van der Waals surface area contributed by atoms with Crippen LogP contribution < -0.4 is 5.73 Å². The van der Waals surface area contributed by atoms with Gasteiger partial charge in [0.05, 0.1) is 11.3 Å². The maximum Gasteiger partial charge on any atom is 0.335 e. The van der Waals surface area contributed by atoms with Crippen LogP contribution in [0.3, 0.4) is 0 Å². The van der Waals surface area contributed by atoms with E-state index >= 15 is 0 Å². The van der Waals surface area contributed by atoms with E-state index in [1.165, 1.54) is 16.8 Å². The van der Waals surface area contributed by atoms with Gasteiger partial charge in [-0.15, -0.1) is 0 Å². The van der Waals surface area contributed by atoms with Gasteiger partial charge in [-0.3, -0.25) is 4.79 Å². The molecule has 0 saturated heterocycles. The number of carboxylic acids is 1. The Bertz CT molecular complexity index is 631. The average Bonchev–Trinajstić information content (AvgIpc) is 2.78. The molecule has 1 heterocycles. The van der Waals surface area contributed by atoms with Gasteiger partial charge in [0.2, 0.25) is 0 Å². The van der Waals surface area contributed by atoms with Gasteiger partial charge in [0.25, 0.3) is 5.91 Å². The van der Waals surface area contributed by atoms with Crippen LogP contribution in [0.25, 0.3) is 5.69 Å². The lowest BCUT2D eigenvalue weighted by Gasteiger charge is -2.06. The molecule has 6 heteroatoms. The number of carbonyl (C=O) groups excluding carboxylic acids is 1. The van der Waals surface area contributed by atoms with Gasteiger partial charge in [-0.05, 0) is 36.8 Å². The second kappa shape index (κ2) is 4.33. The van der Waals surface area contributed by atoms with E-state index in [-0.39, 0.29) is 11.3 Å². The van der Waals surface area contributed by atoms with Crippen molar-refractivity contribution in [3.05, 3.63) is 47.3 Å². The molecule has 0 spiro atoms. The van der Waals surface area contributed by atoms with Gasteiger partial charge in [-0.1, -0.05) is 0 Å². The number of nitrogens with zero attached hydrogens (tertiary/aromatic N) is 2. The lowest BCUT2D eigenvalue weighted by molar-refractivity contribution is 0.0696. The Balaban J connectivity index is 2.44. The van der Waals surface area contributed by atoms with E-state index in [9.17, 15) is 9.59 Å². The van der Waals surface area contributed by atoms with Crippen LogP contribution >= 0.6 is 0 Å². The molecule has 0 radical (unpaired) electrons. The zero-order valence-corrected chi connectivity index (χ0v) is 9.62. The molecule has 1 aromatic carbocycles. The first kappa shape index (κ1) is 11.8. The Hall–Kier alpha value is -2.63. The van der Waals surface area contributed by atoms with Crippen LogP contribution in [-0.2, 0) is 0 Å². The molecular weight excluding hydrogens is 234 g/mol. The molecule has 6 nitrogen and oxygen atoms in total. The molecule has 0 aliphatic carbocycles. The van der Waals surface area contributed by atoms with Gasteiger partial charge >= 0.3 is 5.97 Å². The number of carbonyl (C=O) groups is 2. The number of aromatic carboxylic acids is 1.